The van der Waals surface area contributed by atoms with E-state index in [0.717, 1.165) is 5.56 Å². The van der Waals surface area contributed by atoms with Crippen molar-refractivity contribution < 1.29 is 14.4 Å². The number of nitrogens with zero attached hydrogens (tertiary/aromatic N) is 3. The highest BCUT2D eigenvalue weighted by Gasteiger charge is 2.41. The molecule has 6 nitrogen and oxygen atoms in total. The first-order valence-electron chi connectivity index (χ1n) is 11.0. The zero-order valence-corrected chi connectivity index (χ0v) is 18.2. The van der Waals surface area contributed by atoms with Crippen molar-refractivity contribution in [2.24, 2.45) is 0 Å². The van der Waals surface area contributed by atoms with Crippen LogP contribution in [0, 0.1) is 0 Å². The molecule has 2 aliphatic rings. The fraction of sp³-hybridized carbons (Fsp3) is 0.400. The van der Waals surface area contributed by atoms with Crippen LogP contribution in [0.2, 0.25) is 0 Å². The maximum atomic E-state index is 13.1. The highest BCUT2D eigenvalue weighted by atomic mass is 16.2. The minimum atomic E-state index is -0.494. The third-order valence-electron chi connectivity index (χ3n) is 6.23. The van der Waals surface area contributed by atoms with E-state index >= 15 is 0 Å². The Balaban J connectivity index is 1.45. The largest absolute Gasteiger partial charge is 0.337 e. The molecule has 1 atom stereocenters. The average Bonchev–Trinajstić information content (AvgIpc) is 3.01. The molecule has 31 heavy (non-hydrogen) atoms. The second-order valence-corrected chi connectivity index (χ2v) is 8.64. The van der Waals surface area contributed by atoms with E-state index in [2.05, 4.69) is 13.8 Å². The summed E-state index contributed by atoms with van der Waals surface area (Å²) in [5.74, 6) is 0.292. The van der Waals surface area contributed by atoms with Crippen LogP contribution in [0.3, 0.4) is 0 Å². The summed E-state index contributed by atoms with van der Waals surface area (Å²) in [4.78, 5) is 44.1. The fourth-order valence-electron chi connectivity index (χ4n) is 4.36. The van der Waals surface area contributed by atoms with Crippen LogP contribution in [0.5, 0.6) is 0 Å². The van der Waals surface area contributed by atoms with Crippen LogP contribution >= 0.6 is 0 Å². The van der Waals surface area contributed by atoms with E-state index in [1.807, 2.05) is 54.6 Å². The molecule has 2 saturated heterocycles. The Morgan fingerprint density at radius 2 is 1.68 bits per heavy atom. The van der Waals surface area contributed by atoms with Gasteiger partial charge in [0.2, 0.25) is 11.8 Å². The van der Waals surface area contributed by atoms with Gasteiger partial charge in [-0.1, -0.05) is 56.3 Å². The second kappa shape index (κ2) is 8.92. The van der Waals surface area contributed by atoms with Crippen molar-refractivity contribution in [1.29, 1.82) is 0 Å². The summed E-state index contributed by atoms with van der Waals surface area (Å²) in [7, 11) is 0. The van der Waals surface area contributed by atoms with E-state index in [9.17, 15) is 14.4 Å². The van der Waals surface area contributed by atoms with Gasteiger partial charge in [-0.2, -0.15) is 0 Å². The maximum absolute atomic E-state index is 13.1. The maximum Gasteiger partial charge on any atom is 0.253 e. The minimum absolute atomic E-state index is 0.0287. The van der Waals surface area contributed by atoms with Crippen molar-refractivity contribution in [2.45, 2.75) is 38.8 Å². The zero-order valence-electron chi connectivity index (χ0n) is 18.2. The predicted octanol–water partition coefficient (Wildman–Crippen LogP) is 2.90. The van der Waals surface area contributed by atoms with E-state index in [1.54, 1.807) is 14.7 Å². The average molecular weight is 420 g/mol. The predicted molar refractivity (Wildman–Crippen MR) is 118 cm³/mol. The Morgan fingerprint density at radius 1 is 0.968 bits per heavy atom. The standard InChI is InChI=1S/C25H29N3O3/c1-18(2)20-8-10-21(11-9-20)24(30)26-13-12-22-25(31)27(16-19-6-4-3-5-7-19)17-23(29)28(22)15-14-26/h3-11,18,22H,12-17H2,1-2H3. The Hall–Kier alpha value is -3.15. The number of piperazine rings is 1. The van der Waals surface area contributed by atoms with Gasteiger partial charge < -0.3 is 14.7 Å². The summed E-state index contributed by atoms with van der Waals surface area (Å²) in [5.41, 5.74) is 2.85. The molecule has 0 radical (unpaired) electrons. The highest BCUT2D eigenvalue weighted by molar-refractivity contribution is 5.96. The van der Waals surface area contributed by atoms with Crippen molar-refractivity contribution in [2.75, 3.05) is 26.2 Å². The van der Waals surface area contributed by atoms with Gasteiger partial charge >= 0.3 is 0 Å². The summed E-state index contributed by atoms with van der Waals surface area (Å²) in [6.07, 6.45) is 0.464. The van der Waals surface area contributed by atoms with Crippen LogP contribution < -0.4 is 0 Å². The van der Waals surface area contributed by atoms with Gasteiger partial charge in [-0.05, 0) is 35.6 Å². The number of hydrogen-bond donors (Lipinski definition) is 0. The van der Waals surface area contributed by atoms with Gasteiger partial charge in [0.15, 0.2) is 0 Å². The molecule has 2 aromatic carbocycles. The van der Waals surface area contributed by atoms with Gasteiger partial charge in [0.25, 0.3) is 5.91 Å². The van der Waals surface area contributed by atoms with Gasteiger partial charge in [0.05, 0.1) is 0 Å². The first-order chi connectivity index (χ1) is 14.9. The number of amides is 3. The summed E-state index contributed by atoms with van der Waals surface area (Å²) in [6.45, 7) is 6.07. The lowest BCUT2D eigenvalue weighted by Gasteiger charge is -2.39. The van der Waals surface area contributed by atoms with Crippen molar-refractivity contribution in [3.63, 3.8) is 0 Å². The molecule has 6 heteroatoms. The van der Waals surface area contributed by atoms with E-state index in [-0.39, 0.29) is 24.3 Å². The normalized spacial score (nSPS) is 19.5. The third kappa shape index (κ3) is 4.48. The van der Waals surface area contributed by atoms with E-state index in [4.69, 9.17) is 0 Å². The molecular formula is C25H29N3O3. The van der Waals surface area contributed by atoms with Crippen LogP contribution in [-0.2, 0) is 16.1 Å². The van der Waals surface area contributed by atoms with Crippen molar-refractivity contribution in [3.8, 4) is 0 Å². The number of carbonyl (C=O) groups is 3. The zero-order chi connectivity index (χ0) is 22.0. The van der Waals surface area contributed by atoms with Gasteiger partial charge in [-0.25, -0.2) is 0 Å². The van der Waals surface area contributed by atoms with Crippen molar-refractivity contribution in [3.05, 3.63) is 71.3 Å². The summed E-state index contributed by atoms with van der Waals surface area (Å²) < 4.78 is 0. The van der Waals surface area contributed by atoms with Gasteiger partial charge in [-0.3, -0.25) is 14.4 Å². The Morgan fingerprint density at radius 3 is 2.35 bits per heavy atom. The molecule has 4 rings (SSSR count). The molecule has 0 saturated carbocycles. The molecule has 2 aromatic rings. The van der Waals surface area contributed by atoms with Crippen LogP contribution in [-0.4, -0.2) is 64.6 Å². The number of benzene rings is 2. The Kier molecular flexibility index (Phi) is 6.07. The molecular weight excluding hydrogens is 390 g/mol. The number of fused-ring (bicyclic) bond motifs is 1. The molecule has 2 heterocycles. The number of carbonyl (C=O) groups excluding carboxylic acids is 3. The molecule has 0 aromatic heterocycles. The number of hydrogen-bond acceptors (Lipinski definition) is 3. The molecule has 3 amide bonds. The molecule has 162 valence electrons. The van der Waals surface area contributed by atoms with E-state index < -0.39 is 6.04 Å². The summed E-state index contributed by atoms with van der Waals surface area (Å²) >= 11 is 0. The lowest BCUT2D eigenvalue weighted by Crippen LogP contribution is -2.59. The molecule has 0 aliphatic carbocycles. The first-order valence-corrected chi connectivity index (χ1v) is 11.0. The van der Waals surface area contributed by atoms with Crippen LogP contribution in [0.25, 0.3) is 0 Å². The monoisotopic (exact) mass is 419 g/mol. The SMILES string of the molecule is CC(C)c1ccc(C(=O)N2CCC3C(=O)N(Cc4ccccc4)CC(=O)N3CC2)cc1. The Bertz CT molecular complexity index is 956. The van der Waals surface area contributed by atoms with Gasteiger partial charge in [0, 0.05) is 31.7 Å². The molecule has 0 spiro atoms. The molecule has 0 N–H and O–H groups in total. The van der Waals surface area contributed by atoms with Crippen LogP contribution in [0.1, 0.15) is 47.7 Å². The quantitative estimate of drug-likeness (QED) is 0.766. The topological polar surface area (TPSA) is 60.9 Å². The highest BCUT2D eigenvalue weighted by Crippen LogP contribution is 2.22. The fourth-order valence-corrected chi connectivity index (χ4v) is 4.36. The smallest absolute Gasteiger partial charge is 0.253 e. The van der Waals surface area contributed by atoms with Gasteiger partial charge in [0.1, 0.15) is 12.6 Å². The molecule has 1 unspecified atom stereocenters. The minimum Gasteiger partial charge on any atom is -0.337 e. The first kappa shape index (κ1) is 21.1. The lowest BCUT2D eigenvalue weighted by atomic mass is 10.0. The van der Waals surface area contributed by atoms with Crippen LogP contribution in [0.15, 0.2) is 54.6 Å². The van der Waals surface area contributed by atoms with E-state index in [0.29, 0.717) is 44.1 Å². The molecule has 2 aliphatic heterocycles. The molecule has 2 fully saturated rings. The Labute approximate surface area is 183 Å². The lowest BCUT2D eigenvalue weighted by molar-refractivity contribution is -0.156. The van der Waals surface area contributed by atoms with Crippen LogP contribution in [0.4, 0.5) is 0 Å². The van der Waals surface area contributed by atoms with Crippen molar-refractivity contribution >= 4 is 17.7 Å². The molecule has 0 bridgehead atoms. The summed E-state index contributed by atoms with van der Waals surface area (Å²) in [5, 5.41) is 0. The third-order valence-corrected chi connectivity index (χ3v) is 6.23. The van der Waals surface area contributed by atoms with E-state index in [1.165, 1.54) is 5.56 Å². The van der Waals surface area contributed by atoms with Gasteiger partial charge in [-0.15, -0.1) is 0 Å². The number of rotatable bonds is 4. The summed E-state index contributed by atoms with van der Waals surface area (Å²) in [6, 6.07) is 16.9. The second-order valence-electron chi connectivity index (χ2n) is 8.64. The van der Waals surface area contributed by atoms with Crippen molar-refractivity contribution in [1.82, 2.24) is 14.7 Å².